The van der Waals surface area contributed by atoms with Crippen molar-refractivity contribution in [3.63, 3.8) is 0 Å². The number of hydrogen-bond acceptors (Lipinski definition) is 6. The molecule has 1 aliphatic rings. The van der Waals surface area contributed by atoms with E-state index in [4.69, 9.17) is 20.9 Å². The highest BCUT2D eigenvalue weighted by molar-refractivity contribution is 6.30. The highest BCUT2D eigenvalue weighted by Crippen LogP contribution is 2.30. The molecule has 7 nitrogen and oxygen atoms in total. The second kappa shape index (κ2) is 6.26. The summed E-state index contributed by atoms with van der Waals surface area (Å²) in [5, 5.41) is 7.90. The van der Waals surface area contributed by atoms with Gasteiger partial charge in [-0.05, 0) is 18.6 Å². The second-order valence-electron chi connectivity index (χ2n) is 5.66. The number of nitrogens with one attached hydrogen (secondary N) is 1. The number of halogens is 1. The molecule has 0 bridgehead atoms. The zero-order chi connectivity index (χ0) is 16.5. The Morgan fingerprint density at radius 1 is 1.38 bits per heavy atom. The molecule has 3 aromatic rings. The predicted molar refractivity (Wildman–Crippen MR) is 88.7 cm³/mol. The summed E-state index contributed by atoms with van der Waals surface area (Å²) >= 11 is 6.00. The second-order valence-corrected chi connectivity index (χ2v) is 6.10. The van der Waals surface area contributed by atoms with Gasteiger partial charge in [0.25, 0.3) is 0 Å². The van der Waals surface area contributed by atoms with Gasteiger partial charge >= 0.3 is 6.01 Å². The van der Waals surface area contributed by atoms with Crippen LogP contribution in [0.5, 0.6) is 0 Å². The van der Waals surface area contributed by atoms with Gasteiger partial charge in [-0.2, -0.15) is 4.98 Å². The third-order valence-corrected chi connectivity index (χ3v) is 4.26. The number of aromatic nitrogens is 4. The Labute approximate surface area is 143 Å². The van der Waals surface area contributed by atoms with E-state index < -0.39 is 0 Å². The molecule has 8 heteroatoms. The molecule has 124 valence electrons. The van der Waals surface area contributed by atoms with Crippen molar-refractivity contribution in [3.8, 4) is 11.4 Å². The fourth-order valence-corrected chi connectivity index (χ4v) is 3.02. The van der Waals surface area contributed by atoms with Gasteiger partial charge in [0.2, 0.25) is 5.82 Å². The molecule has 0 radical (unpaired) electrons. The molecule has 1 N–H and O–H groups in total. The molecule has 1 fully saturated rings. The third kappa shape index (κ3) is 2.88. The Morgan fingerprint density at radius 3 is 3.08 bits per heavy atom. The average Bonchev–Trinajstić information content (AvgIpc) is 3.29. The molecule has 0 aliphatic carbocycles. The minimum atomic E-state index is -0.147. The van der Waals surface area contributed by atoms with E-state index in [0.29, 0.717) is 23.5 Å². The Balaban J connectivity index is 1.52. The molecule has 1 saturated heterocycles. The van der Waals surface area contributed by atoms with E-state index in [0.717, 1.165) is 17.8 Å². The Kier molecular flexibility index (Phi) is 3.95. The van der Waals surface area contributed by atoms with Gasteiger partial charge in [-0.1, -0.05) is 28.9 Å². The van der Waals surface area contributed by atoms with Crippen molar-refractivity contribution < 1.29 is 9.26 Å². The molecular formula is C16H16ClN5O2. The van der Waals surface area contributed by atoms with E-state index >= 15 is 0 Å². The van der Waals surface area contributed by atoms with Gasteiger partial charge in [-0.15, -0.1) is 0 Å². The Bertz CT molecular complexity index is 846. The van der Waals surface area contributed by atoms with Crippen LogP contribution in [0.15, 0.2) is 41.2 Å². The molecule has 3 heterocycles. The lowest BCUT2D eigenvalue weighted by atomic mass is 10.1. The zero-order valence-electron chi connectivity index (χ0n) is 13.0. The van der Waals surface area contributed by atoms with Crippen LogP contribution in [0.2, 0.25) is 5.02 Å². The van der Waals surface area contributed by atoms with E-state index in [1.807, 2.05) is 29.9 Å². The lowest BCUT2D eigenvalue weighted by molar-refractivity contribution is 0.0979. The quantitative estimate of drug-likeness (QED) is 0.783. The van der Waals surface area contributed by atoms with Crippen LogP contribution in [0, 0.1) is 0 Å². The van der Waals surface area contributed by atoms with Crippen molar-refractivity contribution >= 4 is 17.6 Å². The van der Waals surface area contributed by atoms with Crippen LogP contribution in [0.4, 0.5) is 6.01 Å². The molecule has 0 amide bonds. The number of aryl methyl sites for hydroxylation is 1. The van der Waals surface area contributed by atoms with Gasteiger partial charge in [0.1, 0.15) is 11.9 Å². The first kappa shape index (κ1) is 15.2. The maximum Gasteiger partial charge on any atom is 0.322 e. The summed E-state index contributed by atoms with van der Waals surface area (Å²) in [4.78, 5) is 8.76. The van der Waals surface area contributed by atoms with Gasteiger partial charge < -0.3 is 19.1 Å². The van der Waals surface area contributed by atoms with Gasteiger partial charge in [-0.3, -0.25) is 0 Å². The number of imidazole rings is 1. The summed E-state index contributed by atoms with van der Waals surface area (Å²) in [6.45, 7) is 0.657. The van der Waals surface area contributed by atoms with Crippen molar-refractivity contribution in [1.82, 2.24) is 19.7 Å². The fourth-order valence-electron chi connectivity index (χ4n) is 2.83. The van der Waals surface area contributed by atoms with Gasteiger partial charge in [0, 0.05) is 36.6 Å². The van der Waals surface area contributed by atoms with E-state index in [2.05, 4.69) is 20.4 Å². The highest BCUT2D eigenvalue weighted by Gasteiger charge is 2.33. The molecule has 2 aromatic heterocycles. The van der Waals surface area contributed by atoms with Crippen LogP contribution >= 0.6 is 11.6 Å². The number of anilines is 1. The molecule has 0 saturated carbocycles. The highest BCUT2D eigenvalue weighted by atomic mass is 35.5. The van der Waals surface area contributed by atoms with Crippen molar-refractivity contribution in [2.24, 2.45) is 7.05 Å². The standard InChI is InChI=1S/C16H16ClN5O2/c1-22-7-6-18-15(22)13-12(5-8-23-13)19-16-20-14(21-24-16)10-3-2-4-11(17)9-10/h2-4,6-7,9,12-13H,5,8H2,1H3,(H,19,20,21)/t12-,13-/m0/s1. The summed E-state index contributed by atoms with van der Waals surface area (Å²) < 4.78 is 13.1. The average molecular weight is 346 g/mol. The van der Waals surface area contributed by atoms with Crippen LogP contribution in [-0.2, 0) is 11.8 Å². The van der Waals surface area contributed by atoms with E-state index in [-0.39, 0.29) is 12.1 Å². The maximum atomic E-state index is 6.00. The van der Waals surface area contributed by atoms with Crippen LogP contribution in [0.25, 0.3) is 11.4 Å². The molecule has 2 atom stereocenters. The topological polar surface area (TPSA) is 78.0 Å². The minimum absolute atomic E-state index is 0.0266. The largest absolute Gasteiger partial charge is 0.368 e. The summed E-state index contributed by atoms with van der Waals surface area (Å²) in [5.74, 6) is 1.37. The monoisotopic (exact) mass is 345 g/mol. The molecule has 0 unspecified atom stereocenters. The predicted octanol–water partition coefficient (Wildman–Crippen LogP) is 3.07. The maximum absolute atomic E-state index is 6.00. The normalized spacial score (nSPS) is 20.4. The van der Waals surface area contributed by atoms with Crippen molar-refractivity contribution in [1.29, 1.82) is 0 Å². The van der Waals surface area contributed by atoms with E-state index in [1.54, 1.807) is 18.3 Å². The van der Waals surface area contributed by atoms with Crippen molar-refractivity contribution in [2.45, 2.75) is 18.6 Å². The lowest BCUT2D eigenvalue weighted by Crippen LogP contribution is -2.25. The van der Waals surface area contributed by atoms with Crippen LogP contribution in [0.3, 0.4) is 0 Å². The number of rotatable bonds is 4. The van der Waals surface area contributed by atoms with Gasteiger partial charge in [0.05, 0.1) is 6.04 Å². The molecule has 0 spiro atoms. The Morgan fingerprint density at radius 2 is 2.29 bits per heavy atom. The van der Waals surface area contributed by atoms with E-state index in [1.165, 1.54) is 0 Å². The molecular weight excluding hydrogens is 330 g/mol. The first-order valence-corrected chi connectivity index (χ1v) is 8.03. The van der Waals surface area contributed by atoms with E-state index in [9.17, 15) is 0 Å². The number of hydrogen-bond donors (Lipinski definition) is 1. The van der Waals surface area contributed by atoms with Crippen molar-refractivity contribution in [2.75, 3.05) is 11.9 Å². The first-order valence-electron chi connectivity index (χ1n) is 7.66. The van der Waals surface area contributed by atoms with Crippen molar-refractivity contribution in [3.05, 3.63) is 47.5 Å². The summed E-state index contributed by atoms with van der Waals surface area (Å²) in [6.07, 6.45) is 4.36. The van der Waals surface area contributed by atoms with Gasteiger partial charge in [-0.25, -0.2) is 4.98 Å². The molecule has 24 heavy (non-hydrogen) atoms. The smallest absolute Gasteiger partial charge is 0.322 e. The third-order valence-electron chi connectivity index (χ3n) is 4.02. The number of ether oxygens (including phenoxy) is 1. The minimum Gasteiger partial charge on any atom is -0.368 e. The summed E-state index contributed by atoms with van der Waals surface area (Å²) in [6, 6.07) is 7.72. The number of nitrogens with zero attached hydrogens (tertiary/aromatic N) is 4. The molecule has 1 aliphatic heterocycles. The Hall–Kier alpha value is -2.38. The SMILES string of the molecule is Cn1ccnc1[C@H]1OCC[C@@H]1Nc1nc(-c2cccc(Cl)c2)no1. The summed E-state index contributed by atoms with van der Waals surface area (Å²) in [7, 11) is 1.95. The van der Waals surface area contributed by atoms with Gasteiger partial charge in [0.15, 0.2) is 0 Å². The van der Waals surface area contributed by atoms with Crippen LogP contribution in [-0.4, -0.2) is 32.3 Å². The zero-order valence-corrected chi connectivity index (χ0v) is 13.8. The van der Waals surface area contributed by atoms with Crippen LogP contribution < -0.4 is 5.32 Å². The first-order chi connectivity index (χ1) is 11.7. The fraction of sp³-hybridized carbons (Fsp3) is 0.312. The lowest BCUT2D eigenvalue weighted by Gasteiger charge is -2.18. The molecule has 1 aromatic carbocycles. The summed E-state index contributed by atoms with van der Waals surface area (Å²) in [5.41, 5.74) is 0.808. The van der Waals surface area contributed by atoms with Crippen LogP contribution in [0.1, 0.15) is 18.3 Å². The molecule has 4 rings (SSSR count). The number of benzene rings is 1.